The predicted octanol–water partition coefficient (Wildman–Crippen LogP) is 2.43. The monoisotopic (exact) mass is 287 g/mol. The summed E-state index contributed by atoms with van der Waals surface area (Å²) in [6.45, 7) is 4.97. The highest BCUT2D eigenvalue weighted by Gasteiger charge is 2.13. The maximum Gasteiger partial charge on any atom is 0.270 e. The third-order valence-electron chi connectivity index (χ3n) is 3.16. The van der Waals surface area contributed by atoms with E-state index in [4.69, 9.17) is 4.74 Å². The minimum absolute atomic E-state index is 0.0521. The van der Waals surface area contributed by atoms with Crippen molar-refractivity contribution in [1.29, 1.82) is 0 Å². The van der Waals surface area contributed by atoms with Crippen molar-refractivity contribution in [2.45, 2.75) is 19.9 Å². The van der Waals surface area contributed by atoms with E-state index in [2.05, 4.69) is 15.6 Å². The third kappa shape index (κ3) is 3.70. The van der Waals surface area contributed by atoms with Gasteiger partial charge in [0.1, 0.15) is 11.5 Å². The zero-order valence-corrected chi connectivity index (χ0v) is 12.6. The van der Waals surface area contributed by atoms with Crippen molar-refractivity contribution in [1.82, 2.24) is 10.3 Å². The first-order chi connectivity index (χ1) is 10.2. The summed E-state index contributed by atoms with van der Waals surface area (Å²) < 4.78 is 5.30. The number of benzene rings is 1. The first kappa shape index (κ1) is 15.3. The summed E-state index contributed by atoms with van der Waals surface area (Å²) >= 11 is 0. The zero-order chi connectivity index (χ0) is 15.2. The van der Waals surface area contributed by atoms with Gasteiger partial charge in [-0.15, -0.1) is 0 Å². The van der Waals surface area contributed by atoms with Crippen LogP contribution >= 0.6 is 0 Å². The van der Waals surface area contributed by atoms with Gasteiger partial charge in [0.05, 0.1) is 6.61 Å². The largest absolute Gasteiger partial charge is 0.380 e. The number of carbonyl (C=O) groups is 1. The number of nitrogens with zero attached hydrogens (tertiary/aromatic N) is 1. The molecule has 2 rings (SSSR count). The molecule has 5 heteroatoms. The van der Waals surface area contributed by atoms with Crippen molar-refractivity contribution >= 4 is 22.5 Å². The van der Waals surface area contributed by atoms with Crippen molar-refractivity contribution in [2.24, 2.45) is 0 Å². The fraction of sp³-hybridized carbons (Fsp3) is 0.375. The van der Waals surface area contributed by atoms with Gasteiger partial charge in [-0.2, -0.15) is 0 Å². The quantitative estimate of drug-likeness (QED) is 0.856. The Bertz CT molecular complexity index is 628. The number of rotatable bonds is 6. The Morgan fingerprint density at radius 1 is 1.38 bits per heavy atom. The molecule has 2 N–H and O–H groups in total. The van der Waals surface area contributed by atoms with E-state index < -0.39 is 0 Å². The number of fused-ring (bicyclic) bond motifs is 1. The number of carbonyl (C=O) groups excluding carboxylic acids is 1. The third-order valence-corrected chi connectivity index (χ3v) is 3.16. The van der Waals surface area contributed by atoms with Crippen molar-refractivity contribution < 1.29 is 9.53 Å². The van der Waals surface area contributed by atoms with Crippen LogP contribution in [0.4, 0.5) is 5.82 Å². The minimum atomic E-state index is -0.190. The normalized spacial score (nSPS) is 12.1. The Labute approximate surface area is 124 Å². The first-order valence-electron chi connectivity index (χ1n) is 7.11. The number of ether oxygens (including phenoxy) is 1. The van der Waals surface area contributed by atoms with Crippen molar-refractivity contribution in [3.05, 3.63) is 36.0 Å². The van der Waals surface area contributed by atoms with E-state index in [1.165, 1.54) is 0 Å². The fourth-order valence-electron chi connectivity index (χ4n) is 2.14. The van der Waals surface area contributed by atoms with Gasteiger partial charge < -0.3 is 15.4 Å². The van der Waals surface area contributed by atoms with Gasteiger partial charge in [0.15, 0.2) is 0 Å². The van der Waals surface area contributed by atoms with Gasteiger partial charge in [-0.3, -0.25) is 4.79 Å². The van der Waals surface area contributed by atoms with Crippen molar-refractivity contribution in [2.75, 3.05) is 25.6 Å². The van der Waals surface area contributed by atoms with Crippen LogP contribution in [-0.4, -0.2) is 37.2 Å². The minimum Gasteiger partial charge on any atom is -0.380 e. The molecule has 0 radical (unpaired) electrons. The fourth-order valence-corrected chi connectivity index (χ4v) is 2.14. The number of aromatic nitrogens is 1. The van der Waals surface area contributed by atoms with Crippen LogP contribution in [0.3, 0.4) is 0 Å². The van der Waals surface area contributed by atoms with Crippen molar-refractivity contribution in [3.63, 3.8) is 0 Å². The van der Waals surface area contributed by atoms with E-state index >= 15 is 0 Å². The van der Waals surface area contributed by atoms with Gasteiger partial charge in [0.2, 0.25) is 0 Å². The Morgan fingerprint density at radius 3 is 2.86 bits per heavy atom. The van der Waals surface area contributed by atoms with Crippen LogP contribution in [0.25, 0.3) is 10.8 Å². The standard InChI is InChI=1S/C16H21N3O2/c1-4-21-10-11(2)18-16(20)14-9-12-7-5-6-8-13(12)15(17-3)19-14/h5-9,11H,4,10H2,1-3H3,(H,17,19)(H,18,20). The molecule has 1 amide bonds. The zero-order valence-electron chi connectivity index (χ0n) is 12.6. The molecule has 0 aliphatic heterocycles. The number of nitrogens with one attached hydrogen (secondary N) is 2. The summed E-state index contributed by atoms with van der Waals surface area (Å²) in [5.74, 6) is 0.514. The van der Waals surface area contributed by atoms with E-state index in [-0.39, 0.29) is 11.9 Å². The second-order valence-electron chi connectivity index (χ2n) is 4.86. The molecular weight excluding hydrogens is 266 g/mol. The molecule has 1 heterocycles. The number of amides is 1. The molecule has 112 valence electrons. The Balaban J connectivity index is 2.23. The molecule has 1 unspecified atom stereocenters. The summed E-state index contributed by atoms with van der Waals surface area (Å²) in [5, 5.41) is 7.91. The molecule has 2 aromatic rings. The average molecular weight is 287 g/mol. The SMILES string of the molecule is CCOCC(C)NC(=O)c1cc2ccccc2c(NC)n1. The predicted molar refractivity (Wildman–Crippen MR) is 84.7 cm³/mol. The summed E-state index contributed by atoms with van der Waals surface area (Å²) in [6, 6.07) is 9.60. The molecule has 0 aliphatic carbocycles. The lowest BCUT2D eigenvalue weighted by atomic mass is 10.1. The highest BCUT2D eigenvalue weighted by Crippen LogP contribution is 2.22. The van der Waals surface area contributed by atoms with Gasteiger partial charge in [-0.05, 0) is 25.3 Å². The van der Waals surface area contributed by atoms with Gasteiger partial charge in [-0.25, -0.2) is 4.98 Å². The molecule has 0 fully saturated rings. The van der Waals surface area contributed by atoms with E-state index in [0.29, 0.717) is 24.7 Å². The van der Waals surface area contributed by atoms with Crippen LogP contribution in [0, 0.1) is 0 Å². The lowest BCUT2D eigenvalue weighted by molar-refractivity contribution is 0.0867. The highest BCUT2D eigenvalue weighted by atomic mass is 16.5. The van der Waals surface area contributed by atoms with Gasteiger partial charge in [0.25, 0.3) is 5.91 Å². The van der Waals surface area contributed by atoms with E-state index in [1.807, 2.05) is 38.1 Å². The van der Waals surface area contributed by atoms with E-state index in [9.17, 15) is 4.79 Å². The first-order valence-corrected chi connectivity index (χ1v) is 7.11. The lowest BCUT2D eigenvalue weighted by Crippen LogP contribution is -2.36. The Hall–Kier alpha value is -2.14. The lowest BCUT2D eigenvalue weighted by Gasteiger charge is -2.14. The number of pyridine rings is 1. The second kappa shape index (κ2) is 7.04. The van der Waals surface area contributed by atoms with Gasteiger partial charge >= 0.3 is 0 Å². The maximum absolute atomic E-state index is 12.3. The number of anilines is 1. The van der Waals surface area contributed by atoms with Crippen molar-refractivity contribution in [3.8, 4) is 0 Å². The topological polar surface area (TPSA) is 63.2 Å². The Kier molecular flexibility index (Phi) is 5.11. The van der Waals surface area contributed by atoms with Gasteiger partial charge in [-0.1, -0.05) is 24.3 Å². The van der Waals surface area contributed by atoms with Crippen LogP contribution in [0.15, 0.2) is 30.3 Å². The molecule has 1 aromatic carbocycles. The molecule has 1 aromatic heterocycles. The Morgan fingerprint density at radius 2 is 2.14 bits per heavy atom. The van der Waals surface area contributed by atoms with Crippen LogP contribution in [-0.2, 0) is 4.74 Å². The number of hydrogen-bond acceptors (Lipinski definition) is 4. The van der Waals surface area contributed by atoms with E-state index in [1.54, 1.807) is 13.1 Å². The summed E-state index contributed by atoms with van der Waals surface area (Å²) in [4.78, 5) is 16.7. The maximum atomic E-state index is 12.3. The summed E-state index contributed by atoms with van der Waals surface area (Å²) in [5.41, 5.74) is 0.404. The number of hydrogen-bond donors (Lipinski definition) is 2. The van der Waals surface area contributed by atoms with E-state index in [0.717, 1.165) is 10.8 Å². The average Bonchev–Trinajstić information content (AvgIpc) is 2.51. The summed E-state index contributed by atoms with van der Waals surface area (Å²) in [7, 11) is 1.80. The molecule has 0 saturated carbocycles. The van der Waals surface area contributed by atoms with Crippen LogP contribution in [0.1, 0.15) is 24.3 Å². The van der Waals surface area contributed by atoms with Gasteiger partial charge in [0, 0.05) is 25.1 Å². The van der Waals surface area contributed by atoms with Crippen LogP contribution < -0.4 is 10.6 Å². The molecule has 0 bridgehead atoms. The highest BCUT2D eigenvalue weighted by molar-refractivity contribution is 6.00. The van der Waals surface area contributed by atoms with Crippen LogP contribution in [0.5, 0.6) is 0 Å². The smallest absolute Gasteiger partial charge is 0.270 e. The molecule has 5 nitrogen and oxygen atoms in total. The molecule has 0 spiro atoms. The summed E-state index contributed by atoms with van der Waals surface area (Å²) in [6.07, 6.45) is 0. The molecule has 0 aliphatic rings. The second-order valence-corrected chi connectivity index (χ2v) is 4.86. The molecule has 0 saturated heterocycles. The molecule has 21 heavy (non-hydrogen) atoms. The van der Waals surface area contributed by atoms with Crippen LogP contribution in [0.2, 0.25) is 0 Å². The molecular formula is C16H21N3O2. The molecule has 1 atom stereocenters.